The molecular formula is C17H29NO5Si. The van der Waals surface area contributed by atoms with Crippen molar-refractivity contribution in [2.24, 2.45) is 5.92 Å². The SMILES string of the molecule is COC(=O)[C@@H]1CCC(O[Si](C)(C)C(C)(C)C)=C[C@@H]1N1CCOC1=O. The van der Waals surface area contributed by atoms with Crippen LogP contribution in [0.1, 0.15) is 33.6 Å². The molecule has 1 fully saturated rings. The predicted molar refractivity (Wildman–Crippen MR) is 92.9 cm³/mol. The Bertz CT molecular complexity index is 538. The van der Waals surface area contributed by atoms with E-state index in [1.54, 1.807) is 4.90 Å². The van der Waals surface area contributed by atoms with Crippen LogP contribution in [0.5, 0.6) is 0 Å². The van der Waals surface area contributed by atoms with Crippen LogP contribution in [0.15, 0.2) is 11.8 Å². The third-order valence-corrected chi connectivity index (χ3v) is 9.70. The summed E-state index contributed by atoms with van der Waals surface area (Å²) < 4.78 is 16.4. The van der Waals surface area contributed by atoms with Crippen LogP contribution < -0.4 is 0 Å². The van der Waals surface area contributed by atoms with Gasteiger partial charge in [-0.25, -0.2) is 4.79 Å². The molecule has 1 heterocycles. The maximum absolute atomic E-state index is 12.1. The van der Waals surface area contributed by atoms with Gasteiger partial charge in [0, 0.05) is 6.42 Å². The van der Waals surface area contributed by atoms with Crippen LogP contribution in [-0.4, -0.2) is 51.6 Å². The van der Waals surface area contributed by atoms with Crippen LogP contribution in [0, 0.1) is 5.92 Å². The summed E-state index contributed by atoms with van der Waals surface area (Å²) in [6.07, 6.45) is 2.85. The second kappa shape index (κ2) is 6.78. The lowest BCUT2D eigenvalue weighted by molar-refractivity contribution is -0.147. The van der Waals surface area contributed by atoms with E-state index in [9.17, 15) is 9.59 Å². The average molecular weight is 356 g/mol. The average Bonchev–Trinajstić information content (AvgIpc) is 2.91. The van der Waals surface area contributed by atoms with Crippen molar-refractivity contribution in [3.63, 3.8) is 0 Å². The minimum absolute atomic E-state index is 0.0924. The van der Waals surface area contributed by atoms with Gasteiger partial charge in [0.05, 0.1) is 31.4 Å². The Morgan fingerprint density at radius 3 is 2.54 bits per heavy atom. The molecule has 0 radical (unpaired) electrons. The molecule has 0 aromatic heterocycles. The van der Waals surface area contributed by atoms with Crippen molar-refractivity contribution >= 4 is 20.4 Å². The highest BCUT2D eigenvalue weighted by molar-refractivity contribution is 6.74. The van der Waals surface area contributed by atoms with E-state index < -0.39 is 8.32 Å². The van der Waals surface area contributed by atoms with Crippen molar-refractivity contribution < 1.29 is 23.5 Å². The monoisotopic (exact) mass is 355 g/mol. The molecule has 0 saturated carbocycles. The van der Waals surface area contributed by atoms with Crippen LogP contribution in [0.3, 0.4) is 0 Å². The van der Waals surface area contributed by atoms with Crippen molar-refractivity contribution in [1.29, 1.82) is 0 Å². The second-order valence-electron chi connectivity index (χ2n) is 7.96. The fourth-order valence-electron chi connectivity index (χ4n) is 2.82. The van der Waals surface area contributed by atoms with Crippen molar-refractivity contribution in [3.05, 3.63) is 11.8 Å². The van der Waals surface area contributed by atoms with Gasteiger partial charge in [0.2, 0.25) is 8.32 Å². The van der Waals surface area contributed by atoms with Crippen LogP contribution in [0.4, 0.5) is 4.79 Å². The van der Waals surface area contributed by atoms with Crippen molar-refractivity contribution in [2.75, 3.05) is 20.3 Å². The number of rotatable bonds is 4. The van der Waals surface area contributed by atoms with Crippen molar-refractivity contribution in [3.8, 4) is 0 Å². The van der Waals surface area contributed by atoms with Gasteiger partial charge >= 0.3 is 12.1 Å². The topological polar surface area (TPSA) is 65.1 Å². The van der Waals surface area contributed by atoms with E-state index >= 15 is 0 Å². The Morgan fingerprint density at radius 2 is 2.04 bits per heavy atom. The molecule has 0 spiro atoms. The molecule has 0 N–H and O–H groups in total. The van der Waals surface area contributed by atoms with E-state index in [4.69, 9.17) is 13.9 Å². The molecule has 2 atom stereocenters. The molecule has 136 valence electrons. The summed E-state index contributed by atoms with van der Waals surface area (Å²) in [5.41, 5.74) is 0. The van der Waals surface area contributed by atoms with E-state index in [0.717, 1.165) is 5.76 Å². The van der Waals surface area contributed by atoms with E-state index in [0.29, 0.717) is 26.0 Å². The number of ether oxygens (including phenoxy) is 2. The summed E-state index contributed by atoms with van der Waals surface area (Å²) in [6, 6.07) is -0.360. The molecule has 0 aromatic carbocycles. The molecule has 2 rings (SSSR count). The van der Waals surface area contributed by atoms with Gasteiger partial charge in [0.25, 0.3) is 0 Å². The van der Waals surface area contributed by atoms with E-state index in [-0.39, 0.29) is 29.1 Å². The smallest absolute Gasteiger partial charge is 0.410 e. The Kier molecular flexibility index (Phi) is 5.32. The highest BCUT2D eigenvalue weighted by Crippen LogP contribution is 2.40. The number of allylic oxidation sites excluding steroid dienone is 1. The van der Waals surface area contributed by atoms with Gasteiger partial charge < -0.3 is 13.9 Å². The number of hydrogen-bond acceptors (Lipinski definition) is 5. The minimum Gasteiger partial charge on any atom is -0.547 e. The number of methoxy groups -OCH3 is 1. The third kappa shape index (κ3) is 3.76. The highest BCUT2D eigenvalue weighted by Gasteiger charge is 2.43. The predicted octanol–water partition coefficient (Wildman–Crippen LogP) is 3.30. The maximum Gasteiger partial charge on any atom is 0.410 e. The largest absolute Gasteiger partial charge is 0.547 e. The quantitative estimate of drug-likeness (QED) is 0.572. The first-order chi connectivity index (χ1) is 11.1. The molecule has 24 heavy (non-hydrogen) atoms. The molecule has 6 nitrogen and oxygen atoms in total. The molecule has 0 bridgehead atoms. The molecular weight excluding hydrogens is 326 g/mol. The molecule has 0 aromatic rings. The number of nitrogens with zero attached hydrogens (tertiary/aromatic N) is 1. The lowest BCUT2D eigenvalue weighted by Gasteiger charge is -2.40. The Labute approximate surface area is 145 Å². The van der Waals surface area contributed by atoms with E-state index in [2.05, 4.69) is 33.9 Å². The number of hydrogen-bond donors (Lipinski definition) is 0. The number of cyclic esters (lactones) is 1. The van der Waals surface area contributed by atoms with Gasteiger partial charge in [-0.1, -0.05) is 20.8 Å². The molecule has 0 unspecified atom stereocenters. The first-order valence-electron chi connectivity index (χ1n) is 8.48. The first kappa shape index (κ1) is 18.8. The van der Waals surface area contributed by atoms with Crippen LogP contribution in [-0.2, 0) is 18.7 Å². The van der Waals surface area contributed by atoms with Gasteiger partial charge in [0.1, 0.15) is 6.61 Å². The van der Waals surface area contributed by atoms with Gasteiger partial charge in [-0.2, -0.15) is 0 Å². The summed E-state index contributed by atoms with van der Waals surface area (Å²) in [7, 11) is -0.573. The van der Waals surface area contributed by atoms with Gasteiger partial charge in [-0.3, -0.25) is 9.69 Å². The number of carbonyl (C=O) groups excluding carboxylic acids is 2. The Morgan fingerprint density at radius 1 is 1.38 bits per heavy atom. The normalized spacial score (nSPS) is 25.2. The van der Waals surface area contributed by atoms with Crippen molar-refractivity contribution in [1.82, 2.24) is 4.90 Å². The second-order valence-corrected chi connectivity index (χ2v) is 12.7. The lowest BCUT2D eigenvalue weighted by atomic mass is 9.87. The molecule has 1 aliphatic carbocycles. The first-order valence-corrected chi connectivity index (χ1v) is 11.4. The van der Waals surface area contributed by atoms with Crippen LogP contribution in [0.25, 0.3) is 0 Å². The summed E-state index contributed by atoms with van der Waals surface area (Å²) in [4.78, 5) is 25.7. The van der Waals surface area contributed by atoms with Crippen LogP contribution >= 0.6 is 0 Å². The molecule has 7 heteroatoms. The zero-order valence-electron chi connectivity index (χ0n) is 15.5. The highest BCUT2D eigenvalue weighted by atomic mass is 28.4. The number of esters is 1. The van der Waals surface area contributed by atoms with E-state index in [1.807, 2.05) is 6.08 Å². The van der Waals surface area contributed by atoms with Gasteiger partial charge in [-0.05, 0) is 30.6 Å². The standard InChI is InChI=1S/C17H29NO5Si/c1-17(2,3)24(5,6)23-12-7-8-13(15(19)21-4)14(11-12)18-9-10-22-16(18)20/h11,13-14H,7-10H2,1-6H3/t13-,14+/m1/s1. The summed E-state index contributed by atoms with van der Waals surface area (Å²) >= 11 is 0. The minimum atomic E-state index is -1.96. The zero-order chi connectivity index (χ0) is 18.1. The lowest BCUT2D eigenvalue weighted by Crippen LogP contribution is -2.46. The Balaban J connectivity index is 2.26. The zero-order valence-corrected chi connectivity index (χ0v) is 16.5. The summed E-state index contributed by atoms with van der Waals surface area (Å²) in [6.45, 7) is 11.8. The molecule has 1 aliphatic heterocycles. The fraction of sp³-hybridized carbons (Fsp3) is 0.765. The fourth-order valence-corrected chi connectivity index (χ4v) is 3.95. The molecule has 1 saturated heterocycles. The molecule has 1 amide bonds. The van der Waals surface area contributed by atoms with E-state index in [1.165, 1.54) is 7.11 Å². The molecule has 2 aliphatic rings. The number of amides is 1. The Hall–Kier alpha value is -1.50. The van der Waals surface area contributed by atoms with Crippen molar-refractivity contribution in [2.45, 2.75) is 57.8 Å². The number of carbonyl (C=O) groups is 2. The maximum atomic E-state index is 12.1. The van der Waals surface area contributed by atoms with Gasteiger partial charge in [-0.15, -0.1) is 0 Å². The summed E-state index contributed by atoms with van der Waals surface area (Å²) in [5.74, 6) is 0.223. The van der Waals surface area contributed by atoms with Crippen LogP contribution in [0.2, 0.25) is 18.1 Å². The van der Waals surface area contributed by atoms with Gasteiger partial charge in [0.15, 0.2) is 0 Å². The third-order valence-electron chi connectivity index (χ3n) is 5.32. The summed E-state index contributed by atoms with van der Waals surface area (Å²) in [5, 5.41) is 0.0924.